The molecule has 0 radical (unpaired) electrons. The van der Waals surface area contributed by atoms with Crippen LogP contribution in [-0.2, 0) is 4.79 Å². The normalized spacial score (nSPS) is 8.38. The van der Waals surface area contributed by atoms with Crippen LogP contribution in [0.2, 0.25) is 0 Å². The van der Waals surface area contributed by atoms with Gasteiger partial charge >= 0.3 is 5.97 Å². The summed E-state index contributed by atoms with van der Waals surface area (Å²) in [5.41, 5.74) is 5.25. The summed E-state index contributed by atoms with van der Waals surface area (Å²) in [7, 11) is 0. The maximum atomic E-state index is 9.60. The lowest BCUT2D eigenvalue weighted by Crippen LogP contribution is -1.90. The molecule has 0 saturated carbocycles. The summed E-state index contributed by atoms with van der Waals surface area (Å²) in [5.74, 6) is -0.139. The fraction of sp³-hybridized carbons (Fsp3) is 0.333. The van der Waals surface area contributed by atoms with Crippen molar-refractivity contribution in [3.63, 3.8) is 0 Å². The Bertz CT molecular complexity index is 237. The molecule has 0 unspecified atom stereocenters. The summed E-state index contributed by atoms with van der Waals surface area (Å²) in [4.78, 5) is 13.4. The van der Waals surface area contributed by atoms with E-state index in [-0.39, 0.29) is 0 Å². The number of aromatic nitrogens is 1. The lowest BCUT2D eigenvalue weighted by atomic mass is 10.4. The Morgan fingerprint density at radius 1 is 1.62 bits per heavy atom. The van der Waals surface area contributed by atoms with Crippen molar-refractivity contribution in [2.75, 3.05) is 5.73 Å². The highest BCUT2D eigenvalue weighted by Gasteiger charge is 1.87. The second kappa shape index (κ2) is 7.09. The average Bonchev–Trinajstić information content (AvgIpc) is 2.06. The minimum absolute atomic E-state index is 0.292. The summed E-state index contributed by atoms with van der Waals surface area (Å²) in [6.45, 7) is 1.84. The number of hydrogen-bond donors (Lipinski definition) is 2. The van der Waals surface area contributed by atoms with Crippen molar-refractivity contribution in [1.82, 2.24) is 4.98 Å². The van der Waals surface area contributed by atoms with Crippen molar-refractivity contribution in [3.8, 4) is 0 Å². The van der Waals surface area contributed by atoms with E-state index in [1.165, 1.54) is 0 Å². The highest BCUT2D eigenvalue weighted by molar-refractivity contribution is 5.66. The molecule has 0 saturated heterocycles. The highest BCUT2D eigenvalue weighted by Crippen LogP contribution is 1.89. The van der Waals surface area contributed by atoms with Crippen LogP contribution >= 0.6 is 0 Å². The summed E-state index contributed by atoms with van der Waals surface area (Å²) in [6.07, 6.45) is 2.69. The molecule has 4 nitrogen and oxygen atoms in total. The van der Waals surface area contributed by atoms with E-state index in [9.17, 15) is 4.79 Å². The topological polar surface area (TPSA) is 76.2 Å². The second-order valence-electron chi connectivity index (χ2n) is 2.40. The maximum Gasteiger partial charge on any atom is 0.303 e. The van der Waals surface area contributed by atoms with E-state index in [1.807, 2.05) is 19.1 Å². The number of pyridine rings is 1. The zero-order valence-corrected chi connectivity index (χ0v) is 7.60. The number of rotatable bonds is 2. The van der Waals surface area contributed by atoms with Crippen LogP contribution in [0, 0.1) is 0 Å². The zero-order chi connectivity index (χ0) is 10.1. The van der Waals surface area contributed by atoms with E-state index in [2.05, 4.69) is 4.98 Å². The Labute approximate surface area is 77.4 Å². The number of nitrogens with two attached hydrogens (primary N) is 1. The molecular formula is C9H14N2O2. The van der Waals surface area contributed by atoms with Crippen molar-refractivity contribution >= 4 is 11.8 Å². The van der Waals surface area contributed by atoms with Crippen LogP contribution in [-0.4, -0.2) is 16.1 Å². The first-order valence-corrected chi connectivity index (χ1v) is 4.05. The maximum absolute atomic E-state index is 9.60. The van der Waals surface area contributed by atoms with E-state index in [1.54, 1.807) is 12.3 Å². The van der Waals surface area contributed by atoms with Gasteiger partial charge in [0.1, 0.15) is 5.82 Å². The van der Waals surface area contributed by atoms with E-state index in [4.69, 9.17) is 10.8 Å². The van der Waals surface area contributed by atoms with Crippen LogP contribution in [0.5, 0.6) is 0 Å². The lowest BCUT2D eigenvalue weighted by Gasteiger charge is -1.82. The number of carbonyl (C=O) groups is 1. The molecule has 0 fully saturated rings. The molecule has 13 heavy (non-hydrogen) atoms. The van der Waals surface area contributed by atoms with Crippen molar-refractivity contribution in [1.29, 1.82) is 0 Å². The van der Waals surface area contributed by atoms with Crippen LogP contribution in [0.3, 0.4) is 0 Å². The number of anilines is 1. The predicted octanol–water partition coefficient (Wildman–Crippen LogP) is 1.53. The lowest BCUT2D eigenvalue weighted by molar-refractivity contribution is -0.137. The first kappa shape index (κ1) is 11.4. The molecule has 1 aromatic heterocycles. The van der Waals surface area contributed by atoms with Crippen molar-refractivity contribution in [2.45, 2.75) is 19.8 Å². The Morgan fingerprint density at radius 2 is 2.31 bits per heavy atom. The molecule has 4 heteroatoms. The number of hydrogen-bond acceptors (Lipinski definition) is 3. The van der Waals surface area contributed by atoms with E-state index in [0.717, 1.165) is 6.42 Å². The third-order valence-corrected chi connectivity index (χ3v) is 1.15. The predicted molar refractivity (Wildman–Crippen MR) is 51.2 cm³/mol. The quantitative estimate of drug-likeness (QED) is 0.727. The van der Waals surface area contributed by atoms with Crippen LogP contribution in [0.4, 0.5) is 5.82 Å². The van der Waals surface area contributed by atoms with Crippen molar-refractivity contribution in [3.05, 3.63) is 24.4 Å². The third-order valence-electron chi connectivity index (χ3n) is 1.15. The van der Waals surface area contributed by atoms with Gasteiger partial charge in [-0.25, -0.2) is 4.98 Å². The molecule has 1 aromatic rings. The minimum atomic E-state index is -0.711. The largest absolute Gasteiger partial charge is 0.481 e. The number of nitrogens with zero attached hydrogens (tertiary/aromatic N) is 1. The molecule has 0 aromatic carbocycles. The van der Waals surface area contributed by atoms with Gasteiger partial charge in [-0.05, 0) is 18.6 Å². The van der Waals surface area contributed by atoms with Gasteiger partial charge in [-0.2, -0.15) is 0 Å². The van der Waals surface area contributed by atoms with Gasteiger partial charge in [0.15, 0.2) is 0 Å². The fourth-order valence-corrected chi connectivity index (χ4v) is 0.590. The summed E-state index contributed by atoms with van der Waals surface area (Å²) in [6, 6.07) is 5.43. The van der Waals surface area contributed by atoms with Gasteiger partial charge in [0.25, 0.3) is 0 Å². The molecule has 0 amide bonds. The molecule has 72 valence electrons. The molecule has 0 atom stereocenters. The van der Waals surface area contributed by atoms with Crippen LogP contribution < -0.4 is 5.73 Å². The van der Waals surface area contributed by atoms with E-state index < -0.39 is 5.97 Å². The van der Waals surface area contributed by atoms with Gasteiger partial charge in [-0.15, -0.1) is 0 Å². The summed E-state index contributed by atoms with van der Waals surface area (Å²) >= 11 is 0. The Morgan fingerprint density at radius 3 is 2.46 bits per heavy atom. The Kier molecular flexibility index (Phi) is 6.23. The van der Waals surface area contributed by atoms with Crippen LogP contribution in [0.25, 0.3) is 0 Å². The number of carboxylic acids is 1. The average molecular weight is 182 g/mol. The zero-order valence-electron chi connectivity index (χ0n) is 7.60. The highest BCUT2D eigenvalue weighted by atomic mass is 16.4. The smallest absolute Gasteiger partial charge is 0.303 e. The van der Waals surface area contributed by atoms with Gasteiger partial charge in [0.2, 0.25) is 0 Å². The second-order valence-corrected chi connectivity index (χ2v) is 2.40. The molecule has 0 spiro atoms. The third kappa shape index (κ3) is 8.33. The van der Waals surface area contributed by atoms with Gasteiger partial charge < -0.3 is 10.8 Å². The number of carboxylic acid groups (broad SMARTS) is 1. The molecule has 0 bridgehead atoms. The molecule has 3 N–H and O–H groups in total. The summed E-state index contributed by atoms with van der Waals surface area (Å²) < 4.78 is 0. The van der Waals surface area contributed by atoms with Crippen LogP contribution in [0.1, 0.15) is 19.8 Å². The standard InChI is InChI=1S/C5H6N2.C4H8O2/c6-5-3-1-2-4-7-5;1-2-3-4(5)6/h1-4H,(H2,6,7);2-3H2,1H3,(H,5,6). The Balaban J connectivity index is 0.000000226. The first-order valence-electron chi connectivity index (χ1n) is 4.05. The molecular weight excluding hydrogens is 168 g/mol. The monoisotopic (exact) mass is 182 g/mol. The van der Waals surface area contributed by atoms with Gasteiger partial charge in [0.05, 0.1) is 0 Å². The molecule has 0 aliphatic heterocycles. The van der Waals surface area contributed by atoms with Gasteiger partial charge in [-0.3, -0.25) is 4.79 Å². The van der Waals surface area contributed by atoms with Crippen molar-refractivity contribution in [2.24, 2.45) is 0 Å². The fourth-order valence-electron chi connectivity index (χ4n) is 0.590. The first-order chi connectivity index (χ1) is 6.16. The van der Waals surface area contributed by atoms with Gasteiger partial charge in [0, 0.05) is 12.6 Å². The molecule has 0 aliphatic carbocycles. The Hall–Kier alpha value is -1.58. The molecule has 1 heterocycles. The van der Waals surface area contributed by atoms with Crippen LogP contribution in [0.15, 0.2) is 24.4 Å². The number of nitrogen functional groups attached to an aromatic ring is 1. The van der Waals surface area contributed by atoms with E-state index >= 15 is 0 Å². The molecule has 0 aliphatic rings. The number of aliphatic carboxylic acids is 1. The minimum Gasteiger partial charge on any atom is -0.481 e. The SMILES string of the molecule is CCCC(=O)O.Nc1ccccn1. The molecule has 1 rings (SSSR count). The van der Waals surface area contributed by atoms with Crippen molar-refractivity contribution < 1.29 is 9.90 Å². The van der Waals surface area contributed by atoms with E-state index in [0.29, 0.717) is 12.2 Å². The summed E-state index contributed by atoms with van der Waals surface area (Å²) in [5, 5.41) is 7.91. The van der Waals surface area contributed by atoms with Gasteiger partial charge in [-0.1, -0.05) is 13.0 Å².